The average Bonchev–Trinajstić information content (AvgIpc) is 2.82. The van der Waals surface area contributed by atoms with Crippen molar-refractivity contribution in [1.29, 1.82) is 0 Å². The van der Waals surface area contributed by atoms with Gasteiger partial charge in [0.15, 0.2) is 0 Å². The third kappa shape index (κ3) is 2.27. The number of anilines is 1. The number of nitrogens with zero attached hydrogens (tertiary/aromatic N) is 2. The van der Waals surface area contributed by atoms with Gasteiger partial charge in [0, 0.05) is 29.4 Å². The maximum atomic E-state index is 12.7. The van der Waals surface area contributed by atoms with Crippen LogP contribution in [0.25, 0.3) is 0 Å². The molecule has 0 N–H and O–H groups in total. The van der Waals surface area contributed by atoms with Gasteiger partial charge in [0.25, 0.3) is 11.6 Å². The largest absolute Gasteiger partial charge is 0.305 e. The molecule has 0 aliphatic carbocycles. The zero-order valence-electron chi connectivity index (χ0n) is 11.5. The van der Waals surface area contributed by atoms with Gasteiger partial charge in [-0.2, -0.15) is 0 Å². The molecule has 0 unspecified atom stereocenters. The van der Waals surface area contributed by atoms with E-state index in [1.165, 1.54) is 24.3 Å². The number of amides is 1. The Morgan fingerprint density at radius 1 is 1.19 bits per heavy atom. The van der Waals surface area contributed by atoms with E-state index in [0.29, 0.717) is 5.56 Å². The maximum Gasteiger partial charge on any atom is 0.269 e. The fourth-order valence-corrected chi connectivity index (χ4v) is 2.74. The number of carbonyl (C=O) groups excluding carboxylic acids is 1. The third-order valence-electron chi connectivity index (χ3n) is 3.75. The van der Waals surface area contributed by atoms with Gasteiger partial charge < -0.3 is 4.90 Å². The zero-order valence-corrected chi connectivity index (χ0v) is 11.5. The molecule has 0 aromatic heterocycles. The van der Waals surface area contributed by atoms with Crippen molar-refractivity contribution in [2.75, 3.05) is 4.90 Å². The first kappa shape index (κ1) is 13.3. The Balaban J connectivity index is 1.93. The Bertz CT molecular complexity index is 710. The SMILES string of the molecule is C[C@H]1Cc2ccccc2N1C(=O)c1ccc([N+](=O)[O-])cc1. The Morgan fingerprint density at radius 2 is 1.86 bits per heavy atom. The molecule has 5 nitrogen and oxygen atoms in total. The molecule has 1 aliphatic heterocycles. The standard InChI is InChI=1S/C16H14N2O3/c1-11-10-13-4-2-3-5-15(13)17(11)16(19)12-6-8-14(9-7-12)18(20)21/h2-9,11H,10H2,1H3/t11-/m0/s1. The van der Waals surface area contributed by atoms with Gasteiger partial charge in [-0.3, -0.25) is 14.9 Å². The lowest BCUT2D eigenvalue weighted by Crippen LogP contribution is -2.35. The minimum Gasteiger partial charge on any atom is -0.305 e. The Hall–Kier alpha value is -2.69. The monoisotopic (exact) mass is 282 g/mol. The lowest BCUT2D eigenvalue weighted by Gasteiger charge is -2.22. The molecule has 0 fully saturated rings. The normalized spacial score (nSPS) is 16.6. The van der Waals surface area contributed by atoms with E-state index in [1.54, 1.807) is 4.90 Å². The van der Waals surface area contributed by atoms with Gasteiger partial charge in [0.2, 0.25) is 0 Å². The van der Waals surface area contributed by atoms with Crippen LogP contribution in [-0.2, 0) is 6.42 Å². The van der Waals surface area contributed by atoms with Crippen molar-refractivity contribution in [2.45, 2.75) is 19.4 Å². The molecular formula is C16H14N2O3. The van der Waals surface area contributed by atoms with Crippen molar-refractivity contribution in [3.63, 3.8) is 0 Å². The molecule has 1 atom stereocenters. The summed E-state index contributed by atoms with van der Waals surface area (Å²) < 4.78 is 0. The van der Waals surface area contributed by atoms with Crippen LogP contribution in [0.2, 0.25) is 0 Å². The number of fused-ring (bicyclic) bond motifs is 1. The molecule has 1 amide bonds. The summed E-state index contributed by atoms with van der Waals surface area (Å²) >= 11 is 0. The fourth-order valence-electron chi connectivity index (χ4n) is 2.74. The van der Waals surface area contributed by atoms with Gasteiger partial charge >= 0.3 is 0 Å². The molecule has 0 saturated carbocycles. The van der Waals surface area contributed by atoms with Gasteiger partial charge in [-0.25, -0.2) is 0 Å². The minimum absolute atomic E-state index is 0.0126. The van der Waals surface area contributed by atoms with Gasteiger partial charge in [-0.05, 0) is 37.1 Å². The van der Waals surface area contributed by atoms with Crippen LogP contribution in [0.1, 0.15) is 22.8 Å². The van der Waals surface area contributed by atoms with E-state index >= 15 is 0 Å². The molecule has 21 heavy (non-hydrogen) atoms. The third-order valence-corrected chi connectivity index (χ3v) is 3.75. The summed E-state index contributed by atoms with van der Waals surface area (Å²) in [4.78, 5) is 24.6. The number of nitro groups is 1. The number of non-ortho nitro benzene ring substituents is 1. The molecule has 1 aliphatic rings. The predicted molar refractivity (Wildman–Crippen MR) is 79.5 cm³/mol. The highest BCUT2D eigenvalue weighted by Gasteiger charge is 2.31. The van der Waals surface area contributed by atoms with E-state index in [0.717, 1.165) is 17.7 Å². The van der Waals surface area contributed by atoms with E-state index in [1.807, 2.05) is 31.2 Å². The first-order valence-corrected chi connectivity index (χ1v) is 6.74. The zero-order chi connectivity index (χ0) is 15.0. The molecular weight excluding hydrogens is 268 g/mol. The quantitative estimate of drug-likeness (QED) is 0.627. The summed E-state index contributed by atoms with van der Waals surface area (Å²) in [6, 6.07) is 13.7. The summed E-state index contributed by atoms with van der Waals surface area (Å²) in [6.07, 6.45) is 0.828. The van der Waals surface area contributed by atoms with Crippen molar-refractivity contribution in [3.05, 3.63) is 69.8 Å². The molecule has 5 heteroatoms. The van der Waals surface area contributed by atoms with E-state index in [4.69, 9.17) is 0 Å². The lowest BCUT2D eigenvalue weighted by atomic mass is 10.1. The molecule has 0 spiro atoms. The van der Waals surface area contributed by atoms with Gasteiger partial charge in [0.05, 0.1) is 4.92 Å². The van der Waals surface area contributed by atoms with Crippen LogP contribution in [0.3, 0.4) is 0 Å². The Labute approximate surface area is 122 Å². The van der Waals surface area contributed by atoms with E-state index < -0.39 is 4.92 Å². The van der Waals surface area contributed by atoms with E-state index in [9.17, 15) is 14.9 Å². The van der Waals surface area contributed by atoms with Crippen molar-refractivity contribution >= 4 is 17.3 Å². The smallest absolute Gasteiger partial charge is 0.269 e. The van der Waals surface area contributed by atoms with E-state index in [-0.39, 0.29) is 17.6 Å². The highest BCUT2D eigenvalue weighted by Crippen LogP contribution is 2.33. The van der Waals surface area contributed by atoms with Crippen LogP contribution in [0.15, 0.2) is 48.5 Å². The van der Waals surface area contributed by atoms with Crippen molar-refractivity contribution in [2.24, 2.45) is 0 Å². The van der Waals surface area contributed by atoms with Crippen LogP contribution in [0, 0.1) is 10.1 Å². The minimum atomic E-state index is -0.470. The number of hydrogen-bond acceptors (Lipinski definition) is 3. The lowest BCUT2D eigenvalue weighted by molar-refractivity contribution is -0.384. The number of carbonyl (C=O) groups is 1. The molecule has 0 saturated heterocycles. The molecule has 3 rings (SSSR count). The number of hydrogen-bond donors (Lipinski definition) is 0. The van der Waals surface area contributed by atoms with Crippen LogP contribution in [-0.4, -0.2) is 16.9 Å². The second kappa shape index (κ2) is 5.01. The fraction of sp³-hybridized carbons (Fsp3) is 0.188. The predicted octanol–water partition coefficient (Wildman–Crippen LogP) is 3.19. The van der Waals surface area contributed by atoms with E-state index in [2.05, 4.69) is 0 Å². The molecule has 1 heterocycles. The van der Waals surface area contributed by atoms with Crippen LogP contribution in [0.5, 0.6) is 0 Å². The number of rotatable bonds is 2. The summed E-state index contributed by atoms with van der Waals surface area (Å²) in [5, 5.41) is 10.7. The van der Waals surface area contributed by atoms with Crippen LogP contribution in [0.4, 0.5) is 11.4 Å². The summed E-state index contributed by atoms with van der Waals surface area (Å²) in [5.41, 5.74) is 2.53. The van der Waals surface area contributed by atoms with Gasteiger partial charge in [-0.1, -0.05) is 18.2 Å². The molecule has 0 radical (unpaired) electrons. The highest BCUT2D eigenvalue weighted by molar-refractivity contribution is 6.07. The number of nitro benzene ring substituents is 1. The summed E-state index contributed by atoms with van der Waals surface area (Å²) in [7, 11) is 0. The summed E-state index contributed by atoms with van der Waals surface area (Å²) in [5.74, 6) is -0.123. The Morgan fingerprint density at radius 3 is 2.52 bits per heavy atom. The molecule has 2 aromatic carbocycles. The number of para-hydroxylation sites is 1. The second-order valence-corrected chi connectivity index (χ2v) is 5.16. The topological polar surface area (TPSA) is 63.5 Å². The summed E-state index contributed by atoms with van der Waals surface area (Å²) in [6.45, 7) is 2.00. The first-order chi connectivity index (χ1) is 10.1. The first-order valence-electron chi connectivity index (χ1n) is 6.74. The number of benzene rings is 2. The Kier molecular flexibility index (Phi) is 3.17. The second-order valence-electron chi connectivity index (χ2n) is 5.16. The average molecular weight is 282 g/mol. The van der Waals surface area contributed by atoms with Crippen molar-refractivity contribution in [1.82, 2.24) is 0 Å². The van der Waals surface area contributed by atoms with Gasteiger partial charge in [0.1, 0.15) is 0 Å². The van der Waals surface area contributed by atoms with Gasteiger partial charge in [-0.15, -0.1) is 0 Å². The molecule has 106 valence electrons. The highest BCUT2D eigenvalue weighted by atomic mass is 16.6. The van der Waals surface area contributed by atoms with Crippen LogP contribution < -0.4 is 4.90 Å². The molecule has 2 aromatic rings. The van der Waals surface area contributed by atoms with Crippen molar-refractivity contribution in [3.8, 4) is 0 Å². The van der Waals surface area contributed by atoms with Crippen LogP contribution >= 0.6 is 0 Å². The maximum absolute atomic E-state index is 12.7. The molecule has 0 bridgehead atoms. The van der Waals surface area contributed by atoms with Crippen molar-refractivity contribution < 1.29 is 9.72 Å².